The van der Waals surface area contributed by atoms with E-state index in [9.17, 15) is 19.2 Å². The molecule has 1 N–H and O–H groups in total. The number of benzene rings is 1. The van der Waals surface area contributed by atoms with E-state index in [1.165, 1.54) is 0 Å². The highest BCUT2D eigenvalue weighted by atomic mass is 16.5. The van der Waals surface area contributed by atoms with Crippen LogP contribution in [0.4, 0.5) is 4.79 Å². The molecule has 1 atom stereocenters. The van der Waals surface area contributed by atoms with Gasteiger partial charge in [0, 0.05) is 23.0 Å². The number of aromatic nitrogens is 1. The van der Waals surface area contributed by atoms with Crippen LogP contribution in [0.3, 0.4) is 0 Å². The van der Waals surface area contributed by atoms with E-state index in [2.05, 4.69) is 9.88 Å². The first-order valence-electron chi connectivity index (χ1n) is 10.3. The lowest BCUT2D eigenvalue weighted by Crippen LogP contribution is -2.41. The maximum atomic E-state index is 12.9. The molecule has 0 bridgehead atoms. The third-order valence-corrected chi connectivity index (χ3v) is 5.97. The van der Waals surface area contributed by atoms with E-state index in [0.29, 0.717) is 17.2 Å². The molecule has 2 aliphatic rings. The van der Waals surface area contributed by atoms with Crippen molar-refractivity contribution in [2.24, 2.45) is 0 Å². The molecule has 2 fully saturated rings. The van der Waals surface area contributed by atoms with E-state index in [4.69, 9.17) is 4.74 Å². The van der Waals surface area contributed by atoms with Gasteiger partial charge in [0.25, 0.3) is 5.91 Å². The van der Waals surface area contributed by atoms with Gasteiger partial charge in [-0.25, -0.2) is 4.79 Å². The molecule has 1 aliphatic heterocycles. The van der Waals surface area contributed by atoms with Crippen LogP contribution < -0.4 is 5.32 Å². The van der Waals surface area contributed by atoms with Gasteiger partial charge >= 0.3 is 12.0 Å². The van der Waals surface area contributed by atoms with Crippen molar-refractivity contribution in [3.8, 4) is 0 Å². The van der Waals surface area contributed by atoms with E-state index in [1.54, 1.807) is 31.2 Å². The Balaban J connectivity index is 1.38. The molecule has 4 rings (SSSR count). The van der Waals surface area contributed by atoms with Crippen LogP contribution in [0.2, 0.25) is 0 Å². The molecule has 8 nitrogen and oxygen atoms in total. The number of ketones is 1. The highest BCUT2D eigenvalue weighted by molar-refractivity contribution is 6.09. The lowest BCUT2D eigenvalue weighted by atomic mass is 9.92. The summed E-state index contributed by atoms with van der Waals surface area (Å²) < 4.78 is 7.24. The number of urea groups is 1. The van der Waals surface area contributed by atoms with Crippen molar-refractivity contribution in [3.63, 3.8) is 0 Å². The average Bonchev–Trinajstić information content (AvgIpc) is 3.50. The van der Waals surface area contributed by atoms with Crippen LogP contribution in [0.25, 0.3) is 0 Å². The summed E-state index contributed by atoms with van der Waals surface area (Å²) in [4.78, 5) is 50.9. The van der Waals surface area contributed by atoms with Crippen molar-refractivity contribution >= 4 is 23.7 Å². The predicted molar refractivity (Wildman–Crippen MR) is 112 cm³/mol. The summed E-state index contributed by atoms with van der Waals surface area (Å²) >= 11 is 0. The van der Waals surface area contributed by atoms with E-state index in [-0.39, 0.29) is 5.78 Å². The molecule has 31 heavy (non-hydrogen) atoms. The number of Topliss-reactive ketones (excluding diaryl/α,β-unsaturated/α-hetero) is 1. The topological polar surface area (TPSA) is 97.7 Å². The Bertz CT molecular complexity index is 1070. The molecule has 2 aromatic rings. The highest BCUT2D eigenvalue weighted by Crippen LogP contribution is 2.38. The van der Waals surface area contributed by atoms with Crippen molar-refractivity contribution in [1.29, 1.82) is 0 Å². The number of aryl methyl sites for hydroxylation is 1. The molecule has 0 radical (unpaired) electrons. The van der Waals surface area contributed by atoms with Gasteiger partial charge in [-0.05, 0) is 45.2 Å². The minimum absolute atomic E-state index is 0.306. The van der Waals surface area contributed by atoms with Crippen LogP contribution in [0, 0.1) is 13.8 Å². The van der Waals surface area contributed by atoms with Gasteiger partial charge in [0.1, 0.15) is 12.1 Å². The number of carbonyl (C=O) groups excluding carboxylic acids is 4. The molecular weight excluding hydrogens is 398 g/mol. The van der Waals surface area contributed by atoms with Crippen molar-refractivity contribution in [3.05, 3.63) is 58.9 Å². The number of imide groups is 1. The molecule has 1 aromatic carbocycles. The van der Waals surface area contributed by atoms with Crippen LogP contribution in [0.5, 0.6) is 0 Å². The summed E-state index contributed by atoms with van der Waals surface area (Å²) in [5, 5.41) is 2.64. The summed E-state index contributed by atoms with van der Waals surface area (Å²) in [6, 6.07) is 10.4. The highest BCUT2D eigenvalue weighted by Gasteiger charge is 2.49. The average molecular weight is 423 g/mol. The number of ether oxygens (including phenoxy) is 1. The quantitative estimate of drug-likeness (QED) is 0.419. The monoisotopic (exact) mass is 423 g/mol. The van der Waals surface area contributed by atoms with Gasteiger partial charge < -0.3 is 14.6 Å². The van der Waals surface area contributed by atoms with Crippen LogP contribution >= 0.6 is 0 Å². The van der Waals surface area contributed by atoms with Crippen LogP contribution in [-0.2, 0) is 19.9 Å². The Morgan fingerprint density at radius 1 is 1.16 bits per heavy atom. The number of amides is 3. The van der Waals surface area contributed by atoms with Crippen LogP contribution in [0.15, 0.2) is 36.4 Å². The molecule has 1 saturated carbocycles. The lowest BCUT2D eigenvalue weighted by Gasteiger charge is -2.21. The fraction of sp³-hybridized carbons (Fsp3) is 0.391. The number of hydrogen-bond donors (Lipinski definition) is 1. The molecule has 0 spiro atoms. The summed E-state index contributed by atoms with van der Waals surface area (Å²) in [7, 11) is 0. The summed E-state index contributed by atoms with van der Waals surface area (Å²) in [6.45, 7) is 4.44. The van der Waals surface area contributed by atoms with Gasteiger partial charge in [-0.15, -0.1) is 0 Å². The Hall–Kier alpha value is -3.42. The molecule has 1 aromatic heterocycles. The van der Waals surface area contributed by atoms with Gasteiger partial charge in [0.2, 0.25) is 5.78 Å². The second-order valence-corrected chi connectivity index (χ2v) is 8.28. The molecule has 1 saturated heterocycles. The van der Waals surface area contributed by atoms with E-state index in [1.807, 2.05) is 26.0 Å². The minimum atomic E-state index is -1.26. The van der Waals surface area contributed by atoms with E-state index in [0.717, 1.165) is 29.1 Å². The predicted octanol–water partition coefficient (Wildman–Crippen LogP) is 2.63. The van der Waals surface area contributed by atoms with Crippen molar-refractivity contribution in [2.75, 3.05) is 13.2 Å². The van der Waals surface area contributed by atoms with Crippen molar-refractivity contribution < 1.29 is 23.9 Å². The third kappa shape index (κ3) is 3.73. The SMILES string of the molecule is Cc1cc(C(=O)COC(=O)CN2C(=O)N[C@](C)(c3ccccc3)C2=O)c(C)n1C1CC1. The molecule has 162 valence electrons. The van der Waals surface area contributed by atoms with E-state index < -0.39 is 36.6 Å². The Morgan fingerprint density at radius 3 is 2.48 bits per heavy atom. The number of nitrogens with zero attached hydrogens (tertiary/aromatic N) is 2. The summed E-state index contributed by atoms with van der Waals surface area (Å²) in [5.41, 5.74) is 1.77. The Morgan fingerprint density at radius 2 is 1.84 bits per heavy atom. The largest absolute Gasteiger partial charge is 0.456 e. The fourth-order valence-corrected chi connectivity index (χ4v) is 4.16. The first kappa shape index (κ1) is 20.8. The number of esters is 1. The van der Waals surface area contributed by atoms with Gasteiger partial charge in [-0.2, -0.15) is 0 Å². The van der Waals surface area contributed by atoms with E-state index >= 15 is 0 Å². The van der Waals surface area contributed by atoms with Gasteiger partial charge in [0.05, 0.1) is 0 Å². The normalized spacial score (nSPS) is 20.7. The molecule has 2 heterocycles. The number of carbonyl (C=O) groups is 4. The molecule has 1 aliphatic carbocycles. The zero-order valence-corrected chi connectivity index (χ0v) is 17.8. The van der Waals surface area contributed by atoms with Crippen molar-refractivity contribution in [2.45, 2.75) is 45.2 Å². The first-order chi connectivity index (χ1) is 14.7. The maximum absolute atomic E-state index is 12.9. The molecule has 8 heteroatoms. The minimum Gasteiger partial charge on any atom is -0.456 e. The van der Waals surface area contributed by atoms with Gasteiger partial charge in [0.15, 0.2) is 6.61 Å². The second kappa shape index (κ2) is 7.68. The zero-order chi connectivity index (χ0) is 22.3. The number of rotatable bonds is 7. The first-order valence-corrected chi connectivity index (χ1v) is 10.3. The van der Waals surface area contributed by atoms with Crippen LogP contribution in [0.1, 0.15) is 53.1 Å². The zero-order valence-electron chi connectivity index (χ0n) is 17.8. The summed E-state index contributed by atoms with van der Waals surface area (Å²) in [5.74, 6) is -1.66. The third-order valence-electron chi connectivity index (χ3n) is 5.97. The second-order valence-electron chi connectivity index (χ2n) is 8.28. The Labute approximate surface area is 180 Å². The maximum Gasteiger partial charge on any atom is 0.326 e. The van der Waals surface area contributed by atoms with Gasteiger partial charge in [-0.1, -0.05) is 30.3 Å². The fourth-order valence-electron chi connectivity index (χ4n) is 4.16. The van der Waals surface area contributed by atoms with Gasteiger partial charge in [-0.3, -0.25) is 19.3 Å². The standard InChI is InChI=1S/C23H25N3O5/c1-14-11-18(15(2)26(14)17-9-10-17)19(27)13-31-20(28)12-25-21(29)23(3,24-22(25)30)16-7-5-4-6-8-16/h4-8,11,17H,9-10,12-13H2,1-3H3,(H,24,30)/t23-/m1/s1. The Kier molecular flexibility index (Phi) is 5.16. The summed E-state index contributed by atoms with van der Waals surface area (Å²) in [6.07, 6.45) is 2.21. The molecule has 0 unspecified atom stereocenters. The number of nitrogens with one attached hydrogen (secondary N) is 1. The van der Waals surface area contributed by atoms with Crippen molar-refractivity contribution in [1.82, 2.24) is 14.8 Å². The number of hydrogen-bond acceptors (Lipinski definition) is 5. The lowest BCUT2D eigenvalue weighted by molar-refractivity contribution is -0.146. The smallest absolute Gasteiger partial charge is 0.326 e. The molecular formula is C23H25N3O5. The molecule has 3 amide bonds. The van der Waals surface area contributed by atoms with Crippen LogP contribution in [-0.4, -0.2) is 46.3 Å².